The van der Waals surface area contributed by atoms with Gasteiger partial charge in [0.25, 0.3) is 0 Å². The average Bonchev–Trinajstić information content (AvgIpc) is 1.85. The largest absolute Gasteiger partial charge is 0.352 e. The number of amides is 1. The van der Waals surface area contributed by atoms with Crippen molar-refractivity contribution in [2.45, 2.75) is 46.7 Å². The Labute approximate surface area is 74.7 Å². The molecular formula is C9H20N2O. The first kappa shape index (κ1) is 11.4. The monoisotopic (exact) mass is 172 g/mol. The third-order valence-electron chi connectivity index (χ3n) is 2.07. The van der Waals surface area contributed by atoms with Crippen LogP contribution in [-0.2, 0) is 4.79 Å². The van der Waals surface area contributed by atoms with Crippen molar-refractivity contribution < 1.29 is 4.79 Å². The Hall–Kier alpha value is -0.570. The molecule has 12 heavy (non-hydrogen) atoms. The molecule has 0 aliphatic carbocycles. The molecule has 0 spiro atoms. The van der Waals surface area contributed by atoms with Crippen LogP contribution in [0.5, 0.6) is 0 Å². The van der Waals surface area contributed by atoms with Gasteiger partial charge in [-0.25, -0.2) is 0 Å². The molecule has 0 saturated carbocycles. The molecule has 3 nitrogen and oxygen atoms in total. The summed E-state index contributed by atoms with van der Waals surface area (Å²) in [4.78, 5) is 11.2. The van der Waals surface area contributed by atoms with Gasteiger partial charge in [-0.05, 0) is 19.3 Å². The number of nitrogens with one attached hydrogen (secondary N) is 1. The second-order valence-electron chi connectivity index (χ2n) is 4.38. The lowest BCUT2D eigenvalue weighted by Gasteiger charge is -2.28. The molecule has 3 N–H and O–H groups in total. The summed E-state index contributed by atoms with van der Waals surface area (Å²) in [5.74, 6) is -0.0857. The highest BCUT2D eigenvalue weighted by Crippen LogP contribution is 2.18. The molecule has 0 heterocycles. The molecule has 0 aromatic heterocycles. The quantitative estimate of drug-likeness (QED) is 0.649. The molecule has 0 aromatic rings. The lowest BCUT2D eigenvalue weighted by atomic mass is 9.88. The van der Waals surface area contributed by atoms with Gasteiger partial charge in [-0.2, -0.15) is 0 Å². The summed E-state index contributed by atoms with van der Waals surface area (Å²) in [5.41, 5.74) is 5.50. The van der Waals surface area contributed by atoms with Crippen molar-refractivity contribution in [1.29, 1.82) is 0 Å². The van der Waals surface area contributed by atoms with Crippen molar-refractivity contribution in [3.8, 4) is 0 Å². The van der Waals surface area contributed by atoms with Gasteiger partial charge in [0.1, 0.15) is 0 Å². The van der Waals surface area contributed by atoms with Crippen LogP contribution in [0, 0.1) is 5.41 Å². The molecule has 0 aromatic carbocycles. The molecule has 2 unspecified atom stereocenters. The fourth-order valence-corrected chi connectivity index (χ4v) is 0.561. The molecule has 0 aliphatic rings. The highest BCUT2D eigenvalue weighted by molar-refractivity contribution is 5.81. The van der Waals surface area contributed by atoms with E-state index in [1.165, 1.54) is 0 Å². The Morgan fingerprint density at radius 2 is 1.75 bits per heavy atom. The van der Waals surface area contributed by atoms with Gasteiger partial charge in [0.05, 0.1) is 6.04 Å². The van der Waals surface area contributed by atoms with E-state index in [0.717, 1.165) is 0 Å². The zero-order chi connectivity index (χ0) is 9.94. The van der Waals surface area contributed by atoms with Crippen LogP contribution in [0.2, 0.25) is 0 Å². The minimum absolute atomic E-state index is 0.0857. The van der Waals surface area contributed by atoms with Gasteiger partial charge in [-0.3, -0.25) is 4.79 Å². The predicted octanol–water partition coefficient (Wildman–Crippen LogP) is 0.884. The van der Waals surface area contributed by atoms with E-state index in [4.69, 9.17) is 5.73 Å². The molecular weight excluding hydrogens is 152 g/mol. The molecule has 0 rings (SSSR count). The first-order valence-corrected chi connectivity index (χ1v) is 4.31. The van der Waals surface area contributed by atoms with E-state index < -0.39 is 6.04 Å². The minimum atomic E-state index is -0.421. The van der Waals surface area contributed by atoms with E-state index in [1.54, 1.807) is 6.92 Å². The minimum Gasteiger partial charge on any atom is -0.352 e. The van der Waals surface area contributed by atoms with Crippen LogP contribution in [0.25, 0.3) is 0 Å². The van der Waals surface area contributed by atoms with Crippen molar-refractivity contribution in [2.75, 3.05) is 0 Å². The first-order valence-electron chi connectivity index (χ1n) is 4.31. The Morgan fingerprint density at radius 3 is 2.00 bits per heavy atom. The number of nitrogens with two attached hydrogens (primary N) is 1. The van der Waals surface area contributed by atoms with Gasteiger partial charge in [-0.15, -0.1) is 0 Å². The van der Waals surface area contributed by atoms with Crippen LogP contribution in [0.4, 0.5) is 0 Å². The van der Waals surface area contributed by atoms with Gasteiger partial charge in [-0.1, -0.05) is 20.8 Å². The first-order chi connectivity index (χ1) is 5.25. The molecule has 3 heteroatoms. The van der Waals surface area contributed by atoms with Crippen LogP contribution in [-0.4, -0.2) is 18.0 Å². The average molecular weight is 172 g/mol. The SMILES string of the molecule is CC(N)C(=O)NC(C)C(C)(C)C. The number of hydrogen-bond donors (Lipinski definition) is 2. The molecule has 2 atom stereocenters. The Kier molecular flexibility index (Phi) is 3.71. The smallest absolute Gasteiger partial charge is 0.236 e. The van der Waals surface area contributed by atoms with Crippen LogP contribution >= 0.6 is 0 Å². The Bertz CT molecular complexity index is 158. The van der Waals surface area contributed by atoms with Crippen LogP contribution in [0.3, 0.4) is 0 Å². The van der Waals surface area contributed by atoms with Crippen molar-refractivity contribution in [3.05, 3.63) is 0 Å². The third kappa shape index (κ3) is 3.72. The van der Waals surface area contributed by atoms with E-state index >= 15 is 0 Å². The maximum Gasteiger partial charge on any atom is 0.236 e. The van der Waals surface area contributed by atoms with Crippen molar-refractivity contribution in [2.24, 2.45) is 11.1 Å². The fourth-order valence-electron chi connectivity index (χ4n) is 0.561. The molecule has 0 saturated heterocycles. The second kappa shape index (κ2) is 3.90. The molecule has 0 bridgehead atoms. The molecule has 72 valence electrons. The fraction of sp³-hybridized carbons (Fsp3) is 0.889. The summed E-state index contributed by atoms with van der Waals surface area (Å²) in [6.07, 6.45) is 0. The van der Waals surface area contributed by atoms with Crippen LogP contribution in [0.15, 0.2) is 0 Å². The van der Waals surface area contributed by atoms with Crippen LogP contribution < -0.4 is 11.1 Å². The van der Waals surface area contributed by atoms with E-state index in [0.29, 0.717) is 0 Å². The van der Waals surface area contributed by atoms with E-state index in [-0.39, 0.29) is 17.4 Å². The molecule has 0 aliphatic heterocycles. The lowest BCUT2D eigenvalue weighted by molar-refractivity contribution is -0.123. The standard InChI is InChI=1S/C9H20N2O/c1-6(10)8(12)11-7(2)9(3,4)5/h6-7H,10H2,1-5H3,(H,11,12). The van der Waals surface area contributed by atoms with Gasteiger partial charge < -0.3 is 11.1 Å². The summed E-state index contributed by atoms with van der Waals surface area (Å²) in [7, 11) is 0. The maximum atomic E-state index is 11.2. The second-order valence-corrected chi connectivity index (χ2v) is 4.38. The van der Waals surface area contributed by atoms with Gasteiger partial charge >= 0.3 is 0 Å². The third-order valence-corrected chi connectivity index (χ3v) is 2.07. The van der Waals surface area contributed by atoms with Gasteiger partial charge in [0, 0.05) is 6.04 Å². The van der Waals surface area contributed by atoms with E-state index in [2.05, 4.69) is 26.1 Å². The summed E-state index contributed by atoms with van der Waals surface area (Å²) in [6, 6.07) is -0.272. The summed E-state index contributed by atoms with van der Waals surface area (Å²) < 4.78 is 0. The summed E-state index contributed by atoms with van der Waals surface area (Å²) in [5, 5.41) is 2.86. The zero-order valence-corrected chi connectivity index (χ0v) is 8.64. The summed E-state index contributed by atoms with van der Waals surface area (Å²) >= 11 is 0. The maximum absolute atomic E-state index is 11.2. The molecule has 0 fully saturated rings. The van der Waals surface area contributed by atoms with Crippen molar-refractivity contribution in [3.63, 3.8) is 0 Å². The van der Waals surface area contributed by atoms with Crippen molar-refractivity contribution >= 4 is 5.91 Å². The normalized spacial score (nSPS) is 16.8. The highest BCUT2D eigenvalue weighted by Gasteiger charge is 2.22. The number of carbonyl (C=O) groups excluding carboxylic acids is 1. The van der Waals surface area contributed by atoms with E-state index in [9.17, 15) is 4.79 Å². The number of carbonyl (C=O) groups is 1. The molecule has 0 radical (unpaired) electrons. The van der Waals surface area contributed by atoms with E-state index in [1.807, 2.05) is 6.92 Å². The highest BCUT2D eigenvalue weighted by atomic mass is 16.2. The van der Waals surface area contributed by atoms with Crippen molar-refractivity contribution in [1.82, 2.24) is 5.32 Å². The lowest BCUT2D eigenvalue weighted by Crippen LogP contribution is -2.47. The Balaban J connectivity index is 4.02. The predicted molar refractivity (Wildman–Crippen MR) is 50.7 cm³/mol. The molecule has 1 amide bonds. The Morgan fingerprint density at radius 1 is 1.33 bits per heavy atom. The zero-order valence-electron chi connectivity index (χ0n) is 8.64. The number of hydrogen-bond acceptors (Lipinski definition) is 2. The summed E-state index contributed by atoms with van der Waals surface area (Å²) in [6.45, 7) is 9.92. The topological polar surface area (TPSA) is 55.1 Å². The number of rotatable bonds is 2. The van der Waals surface area contributed by atoms with Crippen LogP contribution in [0.1, 0.15) is 34.6 Å². The van der Waals surface area contributed by atoms with Gasteiger partial charge in [0.2, 0.25) is 5.91 Å². The van der Waals surface area contributed by atoms with Gasteiger partial charge in [0.15, 0.2) is 0 Å².